The van der Waals surface area contributed by atoms with E-state index in [1.807, 2.05) is 24.3 Å². The first-order valence-corrected chi connectivity index (χ1v) is 5.69. The zero-order chi connectivity index (χ0) is 11.8. The van der Waals surface area contributed by atoms with E-state index in [0.29, 0.717) is 6.54 Å². The summed E-state index contributed by atoms with van der Waals surface area (Å²) in [5.41, 5.74) is 1.02. The van der Waals surface area contributed by atoms with E-state index in [0.717, 1.165) is 30.8 Å². The van der Waals surface area contributed by atoms with Crippen molar-refractivity contribution in [1.29, 1.82) is 0 Å². The van der Waals surface area contributed by atoms with Gasteiger partial charge in [0, 0.05) is 19.0 Å². The lowest BCUT2D eigenvalue weighted by Gasteiger charge is -2.11. The van der Waals surface area contributed by atoms with Gasteiger partial charge < -0.3 is 10.1 Å². The van der Waals surface area contributed by atoms with E-state index in [1.54, 1.807) is 0 Å². The Balaban J connectivity index is 2.56. The van der Waals surface area contributed by atoms with Crippen molar-refractivity contribution in [3.05, 3.63) is 29.8 Å². The average Bonchev–Trinajstić information content (AvgIpc) is 2.28. The van der Waals surface area contributed by atoms with Gasteiger partial charge in [-0.1, -0.05) is 31.5 Å². The quantitative estimate of drug-likeness (QED) is 0.749. The average molecular weight is 221 g/mol. The van der Waals surface area contributed by atoms with Crippen molar-refractivity contribution in [3.8, 4) is 5.75 Å². The minimum absolute atomic E-state index is 0.0247. The number of ether oxygens (including phenoxy) is 1. The number of unbranched alkanes of at least 4 members (excludes halogenated alkanes) is 1. The predicted molar refractivity (Wildman–Crippen MR) is 64.4 cm³/mol. The molecule has 0 aromatic heterocycles. The molecule has 0 aliphatic heterocycles. The highest BCUT2D eigenvalue weighted by molar-refractivity contribution is 5.72. The minimum atomic E-state index is -0.0247. The first-order valence-electron chi connectivity index (χ1n) is 5.69. The first kappa shape index (κ1) is 12.6. The molecule has 0 heterocycles. The Morgan fingerprint density at radius 1 is 1.38 bits per heavy atom. The molecule has 1 aromatic carbocycles. The number of hydrogen-bond acceptors (Lipinski definition) is 2. The molecule has 0 aliphatic carbocycles. The van der Waals surface area contributed by atoms with E-state index < -0.39 is 0 Å². The van der Waals surface area contributed by atoms with Gasteiger partial charge in [-0.05, 0) is 12.5 Å². The number of nitrogens with one attached hydrogen (secondary N) is 1. The van der Waals surface area contributed by atoms with Gasteiger partial charge in [-0.25, -0.2) is 0 Å². The van der Waals surface area contributed by atoms with E-state index in [-0.39, 0.29) is 5.91 Å². The van der Waals surface area contributed by atoms with E-state index in [9.17, 15) is 4.79 Å². The molecule has 0 fully saturated rings. The molecule has 0 saturated heterocycles. The number of rotatable bonds is 6. The normalized spacial score (nSPS) is 9.88. The Labute approximate surface area is 96.8 Å². The molecule has 3 heteroatoms. The van der Waals surface area contributed by atoms with E-state index in [4.69, 9.17) is 4.74 Å². The third-order valence-electron chi connectivity index (χ3n) is 2.26. The van der Waals surface area contributed by atoms with Gasteiger partial charge >= 0.3 is 0 Å². The third kappa shape index (κ3) is 4.34. The highest BCUT2D eigenvalue weighted by atomic mass is 16.5. The molecule has 0 bridgehead atoms. The van der Waals surface area contributed by atoms with Crippen LogP contribution in [0, 0.1) is 0 Å². The summed E-state index contributed by atoms with van der Waals surface area (Å²) < 4.78 is 5.66. The maximum atomic E-state index is 10.8. The Kier molecular flexibility index (Phi) is 5.40. The van der Waals surface area contributed by atoms with Crippen LogP contribution in [-0.4, -0.2) is 12.5 Å². The lowest BCUT2D eigenvalue weighted by Crippen LogP contribution is -2.19. The molecule has 0 spiro atoms. The fourth-order valence-corrected chi connectivity index (χ4v) is 1.34. The summed E-state index contributed by atoms with van der Waals surface area (Å²) in [6.07, 6.45) is 2.17. The summed E-state index contributed by atoms with van der Waals surface area (Å²) in [6, 6.07) is 7.80. The summed E-state index contributed by atoms with van der Waals surface area (Å²) in [5.74, 6) is 0.841. The molecule has 1 aromatic rings. The predicted octanol–water partition coefficient (Wildman–Crippen LogP) is 2.50. The number of para-hydroxylation sites is 1. The van der Waals surface area contributed by atoms with E-state index in [1.165, 1.54) is 6.92 Å². The van der Waals surface area contributed by atoms with Gasteiger partial charge in [0.05, 0.1) is 6.61 Å². The van der Waals surface area contributed by atoms with Crippen molar-refractivity contribution in [2.75, 3.05) is 6.61 Å². The molecule has 0 atom stereocenters. The summed E-state index contributed by atoms with van der Waals surface area (Å²) >= 11 is 0. The zero-order valence-electron chi connectivity index (χ0n) is 9.95. The largest absolute Gasteiger partial charge is 0.493 e. The molecule has 16 heavy (non-hydrogen) atoms. The number of carbonyl (C=O) groups excluding carboxylic acids is 1. The topological polar surface area (TPSA) is 38.3 Å². The van der Waals surface area contributed by atoms with Crippen molar-refractivity contribution in [2.24, 2.45) is 0 Å². The third-order valence-corrected chi connectivity index (χ3v) is 2.26. The van der Waals surface area contributed by atoms with E-state index in [2.05, 4.69) is 12.2 Å². The second-order valence-corrected chi connectivity index (χ2v) is 3.72. The van der Waals surface area contributed by atoms with Crippen LogP contribution < -0.4 is 10.1 Å². The standard InChI is InChI=1S/C13H19NO2/c1-3-4-9-16-13-8-6-5-7-12(13)10-14-11(2)15/h5-8H,3-4,9-10H2,1-2H3,(H,14,15). The van der Waals surface area contributed by atoms with Crippen LogP contribution in [0.2, 0.25) is 0 Å². The minimum Gasteiger partial charge on any atom is -0.493 e. The molecular weight excluding hydrogens is 202 g/mol. The fraction of sp³-hybridized carbons (Fsp3) is 0.462. The monoisotopic (exact) mass is 221 g/mol. The number of benzene rings is 1. The second kappa shape index (κ2) is 6.88. The Hall–Kier alpha value is -1.51. The van der Waals surface area contributed by atoms with Crippen LogP contribution in [0.15, 0.2) is 24.3 Å². The Bertz CT molecular complexity index is 336. The van der Waals surface area contributed by atoms with E-state index >= 15 is 0 Å². The van der Waals surface area contributed by atoms with Gasteiger partial charge in [0.2, 0.25) is 5.91 Å². The van der Waals surface area contributed by atoms with Crippen molar-refractivity contribution in [3.63, 3.8) is 0 Å². The molecule has 88 valence electrons. The zero-order valence-corrected chi connectivity index (χ0v) is 9.95. The van der Waals surface area contributed by atoms with Crippen LogP contribution in [0.3, 0.4) is 0 Å². The molecule has 3 nitrogen and oxygen atoms in total. The molecule has 0 radical (unpaired) electrons. The van der Waals surface area contributed by atoms with Crippen molar-refractivity contribution in [1.82, 2.24) is 5.32 Å². The molecular formula is C13H19NO2. The van der Waals surface area contributed by atoms with Crippen LogP contribution in [0.25, 0.3) is 0 Å². The molecule has 1 rings (SSSR count). The number of hydrogen-bond donors (Lipinski definition) is 1. The van der Waals surface area contributed by atoms with Gasteiger partial charge in [-0.3, -0.25) is 4.79 Å². The number of carbonyl (C=O) groups is 1. The van der Waals surface area contributed by atoms with Crippen LogP contribution in [0.4, 0.5) is 0 Å². The van der Waals surface area contributed by atoms with Crippen molar-refractivity contribution < 1.29 is 9.53 Å². The Morgan fingerprint density at radius 3 is 2.81 bits per heavy atom. The molecule has 1 amide bonds. The van der Waals surface area contributed by atoms with Crippen molar-refractivity contribution in [2.45, 2.75) is 33.2 Å². The van der Waals surface area contributed by atoms with Crippen molar-refractivity contribution >= 4 is 5.91 Å². The van der Waals surface area contributed by atoms with Crippen LogP contribution >= 0.6 is 0 Å². The molecule has 1 N–H and O–H groups in total. The van der Waals surface area contributed by atoms with Crippen LogP contribution in [-0.2, 0) is 11.3 Å². The van der Waals surface area contributed by atoms with Gasteiger partial charge in [0.15, 0.2) is 0 Å². The first-order chi connectivity index (χ1) is 7.74. The van der Waals surface area contributed by atoms with Crippen LogP contribution in [0.1, 0.15) is 32.3 Å². The van der Waals surface area contributed by atoms with Gasteiger partial charge in [-0.2, -0.15) is 0 Å². The number of amides is 1. The molecule has 0 saturated carbocycles. The van der Waals surface area contributed by atoms with Gasteiger partial charge in [-0.15, -0.1) is 0 Å². The fourth-order valence-electron chi connectivity index (χ4n) is 1.34. The lowest BCUT2D eigenvalue weighted by molar-refractivity contribution is -0.119. The maximum absolute atomic E-state index is 10.8. The van der Waals surface area contributed by atoms with Crippen LogP contribution in [0.5, 0.6) is 5.75 Å². The van der Waals surface area contributed by atoms with Gasteiger partial charge in [0.1, 0.15) is 5.75 Å². The second-order valence-electron chi connectivity index (χ2n) is 3.72. The smallest absolute Gasteiger partial charge is 0.217 e. The maximum Gasteiger partial charge on any atom is 0.217 e. The summed E-state index contributed by atoms with van der Waals surface area (Å²) in [7, 11) is 0. The molecule has 0 unspecified atom stereocenters. The summed E-state index contributed by atoms with van der Waals surface area (Å²) in [5, 5.41) is 2.77. The highest BCUT2D eigenvalue weighted by Gasteiger charge is 2.02. The highest BCUT2D eigenvalue weighted by Crippen LogP contribution is 2.17. The SMILES string of the molecule is CCCCOc1ccccc1CNC(C)=O. The van der Waals surface area contributed by atoms with Gasteiger partial charge in [0.25, 0.3) is 0 Å². The molecule has 0 aliphatic rings. The summed E-state index contributed by atoms with van der Waals surface area (Å²) in [4.78, 5) is 10.8. The Morgan fingerprint density at radius 2 is 2.12 bits per heavy atom. The lowest BCUT2D eigenvalue weighted by atomic mass is 10.2. The summed E-state index contributed by atoms with van der Waals surface area (Å²) in [6.45, 7) is 4.90.